The van der Waals surface area contributed by atoms with Gasteiger partial charge in [0.05, 0.1) is 7.11 Å². The summed E-state index contributed by atoms with van der Waals surface area (Å²) in [5.74, 6) is -0.188. The minimum Gasteiger partial charge on any atom is -0.469 e. The highest BCUT2D eigenvalue weighted by molar-refractivity contribution is 5.74. The van der Waals surface area contributed by atoms with Crippen molar-refractivity contribution in [3.63, 3.8) is 0 Å². The number of carbonyl (C=O) groups is 2. The SMILES string of the molecule is CCCCCN(CCCCC)C(=O)NCCCCC(=O)OC. The van der Waals surface area contributed by atoms with Crippen LogP contribution < -0.4 is 5.32 Å². The van der Waals surface area contributed by atoms with Gasteiger partial charge in [-0.15, -0.1) is 0 Å². The van der Waals surface area contributed by atoms with Gasteiger partial charge in [-0.1, -0.05) is 39.5 Å². The Bertz CT molecular complexity index is 286. The standard InChI is InChI=1S/C17H34N2O3/c1-4-6-10-14-19(15-11-7-5-2)17(21)18-13-9-8-12-16(20)22-3/h4-15H2,1-3H3,(H,18,21). The van der Waals surface area contributed by atoms with E-state index in [2.05, 4.69) is 23.9 Å². The zero-order valence-electron chi connectivity index (χ0n) is 14.7. The first-order chi connectivity index (χ1) is 10.7. The monoisotopic (exact) mass is 314 g/mol. The summed E-state index contributed by atoms with van der Waals surface area (Å²) in [5, 5.41) is 2.96. The molecule has 2 amide bonds. The third kappa shape index (κ3) is 11.4. The molecular weight excluding hydrogens is 280 g/mol. The van der Waals surface area contributed by atoms with Gasteiger partial charge in [0.1, 0.15) is 0 Å². The van der Waals surface area contributed by atoms with Gasteiger partial charge in [0.15, 0.2) is 0 Å². The van der Waals surface area contributed by atoms with Gasteiger partial charge >= 0.3 is 12.0 Å². The normalized spacial score (nSPS) is 10.3. The quantitative estimate of drug-likeness (QED) is 0.416. The summed E-state index contributed by atoms with van der Waals surface area (Å²) in [6.45, 7) is 6.64. The summed E-state index contributed by atoms with van der Waals surface area (Å²) < 4.78 is 4.59. The maximum Gasteiger partial charge on any atom is 0.317 e. The van der Waals surface area contributed by atoms with E-state index in [0.717, 1.165) is 64.5 Å². The fraction of sp³-hybridized carbons (Fsp3) is 0.882. The predicted octanol–water partition coefficient (Wildman–Crippen LogP) is 3.72. The first kappa shape index (κ1) is 20.7. The van der Waals surface area contributed by atoms with Crippen molar-refractivity contribution in [2.45, 2.75) is 71.6 Å². The van der Waals surface area contributed by atoms with Crippen LogP contribution in [0.5, 0.6) is 0 Å². The first-order valence-corrected chi connectivity index (χ1v) is 8.75. The number of amides is 2. The zero-order valence-corrected chi connectivity index (χ0v) is 14.7. The molecular formula is C17H34N2O3. The van der Waals surface area contributed by atoms with Crippen LogP contribution in [-0.2, 0) is 9.53 Å². The van der Waals surface area contributed by atoms with Gasteiger partial charge in [-0.25, -0.2) is 4.79 Å². The zero-order chi connectivity index (χ0) is 16.6. The number of esters is 1. The van der Waals surface area contributed by atoms with Crippen LogP contribution in [0, 0.1) is 0 Å². The number of carbonyl (C=O) groups excluding carboxylic acids is 2. The van der Waals surface area contributed by atoms with E-state index in [1.165, 1.54) is 7.11 Å². The average molecular weight is 314 g/mol. The van der Waals surface area contributed by atoms with E-state index in [1.807, 2.05) is 4.90 Å². The maximum atomic E-state index is 12.2. The fourth-order valence-corrected chi connectivity index (χ4v) is 2.22. The summed E-state index contributed by atoms with van der Waals surface area (Å²) in [6, 6.07) is 0.0327. The van der Waals surface area contributed by atoms with Crippen molar-refractivity contribution >= 4 is 12.0 Å². The van der Waals surface area contributed by atoms with Crippen molar-refractivity contribution in [1.82, 2.24) is 10.2 Å². The summed E-state index contributed by atoms with van der Waals surface area (Å²) in [5.41, 5.74) is 0. The molecule has 0 unspecified atom stereocenters. The van der Waals surface area contributed by atoms with Gasteiger partial charge in [0.25, 0.3) is 0 Å². The molecule has 0 spiro atoms. The molecule has 0 rings (SSSR count). The lowest BCUT2D eigenvalue weighted by Gasteiger charge is -2.23. The Labute approximate surface area is 135 Å². The second kappa shape index (κ2) is 14.7. The molecule has 0 aliphatic heterocycles. The molecule has 5 nitrogen and oxygen atoms in total. The molecule has 0 fully saturated rings. The van der Waals surface area contributed by atoms with Crippen molar-refractivity contribution in [3.8, 4) is 0 Å². The van der Waals surface area contributed by atoms with Crippen molar-refractivity contribution in [2.24, 2.45) is 0 Å². The smallest absolute Gasteiger partial charge is 0.317 e. The number of rotatable bonds is 13. The summed E-state index contributed by atoms with van der Waals surface area (Å²) >= 11 is 0. The van der Waals surface area contributed by atoms with Crippen LogP contribution in [0.1, 0.15) is 71.6 Å². The largest absolute Gasteiger partial charge is 0.469 e. The lowest BCUT2D eigenvalue weighted by Crippen LogP contribution is -2.41. The predicted molar refractivity (Wildman–Crippen MR) is 89.9 cm³/mol. The van der Waals surface area contributed by atoms with Crippen LogP contribution in [0.4, 0.5) is 4.79 Å². The van der Waals surface area contributed by atoms with Crippen molar-refractivity contribution in [2.75, 3.05) is 26.7 Å². The number of nitrogens with zero attached hydrogens (tertiary/aromatic N) is 1. The molecule has 130 valence electrons. The molecule has 0 aromatic rings. The lowest BCUT2D eigenvalue weighted by molar-refractivity contribution is -0.140. The summed E-state index contributed by atoms with van der Waals surface area (Å²) in [7, 11) is 1.40. The Morgan fingerprint density at radius 3 is 2.00 bits per heavy atom. The average Bonchev–Trinajstić information content (AvgIpc) is 2.52. The van der Waals surface area contributed by atoms with Gasteiger partial charge in [0.2, 0.25) is 0 Å². The molecule has 0 aliphatic carbocycles. The van der Waals surface area contributed by atoms with Crippen molar-refractivity contribution in [3.05, 3.63) is 0 Å². The van der Waals surface area contributed by atoms with E-state index in [0.29, 0.717) is 13.0 Å². The highest BCUT2D eigenvalue weighted by Gasteiger charge is 2.11. The molecule has 22 heavy (non-hydrogen) atoms. The topological polar surface area (TPSA) is 58.6 Å². The van der Waals surface area contributed by atoms with E-state index in [-0.39, 0.29) is 12.0 Å². The molecule has 0 aromatic heterocycles. The summed E-state index contributed by atoms with van der Waals surface area (Å²) in [6.07, 6.45) is 8.76. The third-order valence-corrected chi connectivity index (χ3v) is 3.66. The molecule has 1 N–H and O–H groups in total. The Hall–Kier alpha value is -1.26. The van der Waals surface area contributed by atoms with Crippen molar-refractivity contribution in [1.29, 1.82) is 0 Å². The second-order valence-electron chi connectivity index (χ2n) is 5.67. The first-order valence-electron chi connectivity index (χ1n) is 8.75. The fourth-order valence-electron chi connectivity index (χ4n) is 2.22. The van der Waals surface area contributed by atoms with E-state index < -0.39 is 0 Å². The number of urea groups is 1. The van der Waals surface area contributed by atoms with Crippen LogP contribution in [0.15, 0.2) is 0 Å². The Morgan fingerprint density at radius 1 is 0.909 bits per heavy atom. The van der Waals surface area contributed by atoms with Gasteiger partial charge in [-0.3, -0.25) is 4.79 Å². The number of hydrogen-bond acceptors (Lipinski definition) is 3. The van der Waals surface area contributed by atoms with Gasteiger partial charge in [-0.05, 0) is 25.7 Å². The third-order valence-electron chi connectivity index (χ3n) is 3.66. The number of hydrogen-bond donors (Lipinski definition) is 1. The Kier molecular flexibility index (Phi) is 13.8. The van der Waals surface area contributed by atoms with E-state index in [9.17, 15) is 9.59 Å². The van der Waals surface area contributed by atoms with Crippen LogP contribution in [0.25, 0.3) is 0 Å². The molecule has 0 saturated heterocycles. The molecule has 0 aromatic carbocycles. The molecule has 0 radical (unpaired) electrons. The number of methoxy groups -OCH3 is 1. The van der Waals surface area contributed by atoms with Crippen LogP contribution in [0.2, 0.25) is 0 Å². The second-order valence-corrected chi connectivity index (χ2v) is 5.67. The molecule has 0 heterocycles. The number of unbranched alkanes of at least 4 members (excludes halogenated alkanes) is 5. The van der Waals surface area contributed by atoms with E-state index >= 15 is 0 Å². The number of nitrogens with one attached hydrogen (secondary N) is 1. The highest BCUT2D eigenvalue weighted by Crippen LogP contribution is 2.03. The van der Waals surface area contributed by atoms with Gasteiger partial charge in [-0.2, -0.15) is 0 Å². The highest BCUT2D eigenvalue weighted by atomic mass is 16.5. The minimum atomic E-state index is -0.188. The molecule has 5 heteroatoms. The van der Waals surface area contributed by atoms with Crippen LogP contribution >= 0.6 is 0 Å². The summed E-state index contributed by atoms with van der Waals surface area (Å²) in [4.78, 5) is 25.1. The minimum absolute atomic E-state index is 0.0327. The van der Waals surface area contributed by atoms with Crippen LogP contribution in [0.3, 0.4) is 0 Å². The van der Waals surface area contributed by atoms with Crippen molar-refractivity contribution < 1.29 is 14.3 Å². The van der Waals surface area contributed by atoms with E-state index in [4.69, 9.17) is 0 Å². The van der Waals surface area contributed by atoms with Gasteiger partial charge in [0, 0.05) is 26.1 Å². The number of ether oxygens (including phenoxy) is 1. The Balaban J connectivity index is 3.95. The Morgan fingerprint density at radius 2 is 1.50 bits per heavy atom. The maximum absolute atomic E-state index is 12.2. The van der Waals surface area contributed by atoms with Gasteiger partial charge < -0.3 is 15.0 Å². The molecule has 0 saturated carbocycles. The molecule has 0 aliphatic rings. The van der Waals surface area contributed by atoms with E-state index in [1.54, 1.807) is 0 Å². The van der Waals surface area contributed by atoms with Crippen LogP contribution in [-0.4, -0.2) is 43.6 Å². The lowest BCUT2D eigenvalue weighted by atomic mass is 10.2. The molecule has 0 atom stereocenters. The molecule has 0 bridgehead atoms.